The molecule has 208 valence electrons. The zero-order chi connectivity index (χ0) is 27.9. The van der Waals surface area contributed by atoms with E-state index in [0.29, 0.717) is 66.7 Å². The Morgan fingerprint density at radius 2 is 1.80 bits per heavy atom. The van der Waals surface area contributed by atoms with Crippen LogP contribution >= 0.6 is 11.6 Å². The smallest absolute Gasteiger partial charge is 0.238 e. The standard InChI is InChI=1S/C30H30ClN3O6/c1-36-23-8-9-24-20(16-23)15-21(30(33-24)37-2)18-34-11-12-38-13-14-39-27-5-3-4-6-28(27)40-26-10-7-22(31)17-25(26)32-29(35)19-34/h3-10,15-17H,11-14,18-19H2,1-2H3,(H,32,35). The summed E-state index contributed by atoms with van der Waals surface area (Å²) >= 11 is 6.27. The first kappa shape index (κ1) is 27.5. The molecule has 1 amide bonds. The number of carbonyl (C=O) groups excluding carboxylic acids is 1. The van der Waals surface area contributed by atoms with Crippen molar-refractivity contribution >= 4 is 34.1 Å². The predicted molar refractivity (Wildman–Crippen MR) is 153 cm³/mol. The van der Waals surface area contributed by atoms with Gasteiger partial charge in [0.2, 0.25) is 11.8 Å². The fourth-order valence-electron chi connectivity index (χ4n) is 4.41. The highest BCUT2D eigenvalue weighted by atomic mass is 35.5. The number of halogens is 1. The van der Waals surface area contributed by atoms with Crippen molar-refractivity contribution in [2.24, 2.45) is 0 Å². The second kappa shape index (κ2) is 12.9. The number of nitrogens with one attached hydrogen (secondary N) is 1. The van der Waals surface area contributed by atoms with Crippen LogP contribution in [0, 0.1) is 0 Å². The van der Waals surface area contributed by atoms with Gasteiger partial charge < -0.3 is 29.0 Å². The normalized spacial score (nSPS) is 14.9. The topological polar surface area (TPSA) is 91.4 Å². The molecule has 4 aromatic rings. The Labute approximate surface area is 237 Å². The summed E-state index contributed by atoms with van der Waals surface area (Å²) in [5, 5.41) is 4.33. The lowest BCUT2D eigenvalue weighted by molar-refractivity contribution is -0.117. The summed E-state index contributed by atoms with van der Waals surface area (Å²) in [7, 11) is 3.21. The van der Waals surface area contributed by atoms with Crippen molar-refractivity contribution < 1.29 is 28.5 Å². The van der Waals surface area contributed by atoms with Crippen LogP contribution < -0.4 is 24.3 Å². The SMILES string of the molecule is COc1ccc2nc(OC)c(CN3CCOCCOc4ccccc4Oc4ccc(Cl)cc4NC(=O)C3)cc2c1. The average molecular weight is 564 g/mol. The molecule has 0 aliphatic carbocycles. The van der Waals surface area contributed by atoms with E-state index in [1.165, 1.54) is 0 Å². The molecule has 0 bridgehead atoms. The molecule has 1 aliphatic heterocycles. The third-order valence-electron chi connectivity index (χ3n) is 6.34. The van der Waals surface area contributed by atoms with E-state index in [1.54, 1.807) is 38.5 Å². The van der Waals surface area contributed by atoms with Gasteiger partial charge in [0, 0.05) is 29.1 Å². The molecule has 5 rings (SSSR count). The highest BCUT2D eigenvalue weighted by Gasteiger charge is 2.19. The van der Waals surface area contributed by atoms with E-state index in [1.807, 2.05) is 47.4 Å². The molecule has 0 spiro atoms. The molecule has 1 aliphatic rings. The number of amides is 1. The minimum atomic E-state index is -0.235. The van der Waals surface area contributed by atoms with Crippen molar-refractivity contribution in [1.82, 2.24) is 9.88 Å². The second-order valence-electron chi connectivity index (χ2n) is 9.12. The molecule has 0 saturated carbocycles. The first-order valence-electron chi connectivity index (χ1n) is 12.8. The predicted octanol–water partition coefficient (Wildman–Crippen LogP) is 5.55. The molecule has 0 unspecified atom stereocenters. The van der Waals surface area contributed by atoms with Crippen LogP contribution in [0.3, 0.4) is 0 Å². The number of benzene rings is 3. The fraction of sp³-hybridized carbons (Fsp3) is 0.267. The van der Waals surface area contributed by atoms with Crippen molar-refractivity contribution in [3.8, 4) is 28.9 Å². The van der Waals surface area contributed by atoms with Crippen molar-refractivity contribution in [1.29, 1.82) is 0 Å². The van der Waals surface area contributed by atoms with Gasteiger partial charge in [0.1, 0.15) is 12.4 Å². The van der Waals surface area contributed by atoms with Crippen LogP contribution in [0.1, 0.15) is 5.56 Å². The van der Waals surface area contributed by atoms with Gasteiger partial charge in [-0.3, -0.25) is 9.69 Å². The Morgan fingerprint density at radius 1 is 0.950 bits per heavy atom. The molecule has 0 radical (unpaired) electrons. The van der Waals surface area contributed by atoms with Crippen molar-refractivity contribution in [3.63, 3.8) is 0 Å². The van der Waals surface area contributed by atoms with E-state index < -0.39 is 0 Å². The molecule has 1 N–H and O–H groups in total. The minimum absolute atomic E-state index is 0.0850. The maximum absolute atomic E-state index is 13.3. The zero-order valence-corrected chi connectivity index (χ0v) is 23.1. The average Bonchev–Trinajstić information content (AvgIpc) is 2.96. The quantitative estimate of drug-likeness (QED) is 0.346. The maximum atomic E-state index is 13.3. The third kappa shape index (κ3) is 6.74. The lowest BCUT2D eigenvalue weighted by atomic mass is 10.1. The van der Waals surface area contributed by atoms with Crippen LogP contribution in [0.2, 0.25) is 5.02 Å². The third-order valence-corrected chi connectivity index (χ3v) is 6.57. The number of aromatic nitrogens is 1. The Hall–Kier alpha value is -4.05. The largest absolute Gasteiger partial charge is 0.497 e. The summed E-state index contributed by atoms with van der Waals surface area (Å²) in [6.07, 6.45) is 0. The first-order valence-corrected chi connectivity index (χ1v) is 13.2. The van der Waals surface area contributed by atoms with Gasteiger partial charge in [0.15, 0.2) is 17.2 Å². The summed E-state index contributed by atoms with van der Waals surface area (Å²) in [5.41, 5.74) is 2.07. The summed E-state index contributed by atoms with van der Waals surface area (Å²) in [5.74, 6) is 2.52. The van der Waals surface area contributed by atoms with E-state index in [2.05, 4.69) is 10.3 Å². The van der Waals surface area contributed by atoms with Gasteiger partial charge >= 0.3 is 0 Å². The van der Waals surface area contributed by atoms with Crippen LogP contribution in [0.25, 0.3) is 10.9 Å². The van der Waals surface area contributed by atoms with Gasteiger partial charge in [0.05, 0.1) is 45.2 Å². The van der Waals surface area contributed by atoms with Gasteiger partial charge in [-0.25, -0.2) is 4.98 Å². The Morgan fingerprint density at radius 3 is 2.62 bits per heavy atom. The van der Waals surface area contributed by atoms with Crippen molar-refractivity contribution in [2.45, 2.75) is 6.54 Å². The zero-order valence-electron chi connectivity index (χ0n) is 22.3. The van der Waals surface area contributed by atoms with Crippen LogP contribution in [0.4, 0.5) is 5.69 Å². The second-order valence-corrected chi connectivity index (χ2v) is 9.56. The van der Waals surface area contributed by atoms with Crippen LogP contribution in [0.15, 0.2) is 66.7 Å². The summed E-state index contributed by atoms with van der Waals surface area (Å²) in [6, 6.07) is 20.1. The number of hydrogen-bond donors (Lipinski definition) is 1. The lowest BCUT2D eigenvalue weighted by Crippen LogP contribution is -2.35. The number of carbonyl (C=O) groups is 1. The molecule has 0 atom stereocenters. The van der Waals surface area contributed by atoms with Crippen LogP contribution in [-0.2, 0) is 16.1 Å². The number of anilines is 1. The number of nitrogens with zero attached hydrogens (tertiary/aromatic N) is 2. The molecule has 40 heavy (non-hydrogen) atoms. The van der Waals surface area contributed by atoms with Gasteiger partial charge in [0.25, 0.3) is 0 Å². The number of para-hydroxylation sites is 2. The maximum Gasteiger partial charge on any atom is 0.238 e. The fourth-order valence-corrected chi connectivity index (χ4v) is 4.58. The van der Waals surface area contributed by atoms with E-state index in [9.17, 15) is 4.79 Å². The Kier molecular flexibility index (Phi) is 8.85. The number of pyridine rings is 1. The molecule has 9 nitrogen and oxygen atoms in total. The summed E-state index contributed by atoms with van der Waals surface area (Å²) < 4.78 is 28.9. The molecule has 2 heterocycles. The number of hydrogen-bond acceptors (Lipinski definition) is 8. The number of rotatable bonds is 4. The summed E-state index contributed by atoms with van der Waals surface area (Å²) in [6.45, 7) is 2.09. The van der Waals surface area contributed by atoms with Gasteiger partial charge in [-0.15, -0.1) is 0 Å². The minimum Gasteiger partial charge on any atom is -0.497 e. The van der Waals surface area contributed by atoms with E-state index >= 15 is 0 Å². The van der Waals surface area contributed by atoms with Crippen LogP contribution in [0.5, 0.6) is 28.9 Å². The monoisotopic (exact) mass is 563 g/mol. The number of ether oxygens (including phenoxy) is 5. The van der Waals surface area contributed by atoms with E-state index in [0.717, 1.165) is 22.2 Å². The Balaban J connectivity index is 1.42. The van der Waals surface area contributed by atoms with Gasteiger partial charge in [-0.2, -0.15) is 0 Å². The molecular weight excluding hydrogens is 534 g/mol. The molecule has 0 saturated heterocycles. The molecular formula is C30H30ClN3O6. The molecule has 0 fully saturated rings. The summed E-state index contributed by atoms with van der Waals surface area (Å²) in [4.78, 5) is 19.9. The molecule has 10 heteroatoms. The number of methoxy groups -OCH3 is 2. The highest BCUT2D eigenvalue weighted by Crippen LogP contribution is 2.36. The van der Waals surface area contributed by atoms with Crippen molar-refractivity contribution in [2.75, 3.05) is 52.4 Å². The van der Waals surface area contributed by atoms with E-state index in [4.69, 9.17) is 35.3 Å². The van der Waals surface area contributed by atoms with Gasteiger partial charge in [-0.1, -0.05) is 23.7 Å². The molecule has 3 aromatic carbocycles. The lowest BCUT2D eigenvalue weighted by Gasteiger charge is -2.23. The Bertz CT molecular complexity index is 1500. The number of fused-ring (bicyclic) bond motifs is 3. The van der Waals surface area contributed by atoms with Crippen LogP contribution in [-0.4, -0.2) is 62.9 Å². The van der Waals surface area contributed by atoms with Gasteiger partial charge in [-0.05, 0) is 54.6 Å². The first-order chi connectivity index (χ1) is 19.5. The molecule has 1 aromatic heterocycles. The highest BCUT2D eigenvalue weighted by molar-refractivity contribution is 6.31. The van der Waals surface area contributed by atoms with Crippen molar-refractivity contribution in [3.05, 3.63) is 77.3 Å². The van der Waals surface area contributed by atoms with E-state index in [-0.39, 0.29) is 12.5 Å².